The molecule has 0 aliphatic rings. The minimum absolute atomic E-state index is 0. The molecule has 0 amide bonds. The van der Waals surface area contributed by atoms with E-state index in [0.29, 0.717) is 0 Å². The van der Waals surface area contributed by atoms with E-state index in [0.717, 1.165) is 0 Å². The molecule has 1 unspecified atom stereocenters. The van der Waals surface area contributed by atoms with Crippen LogP contribution in [0.2, 0.25) is 0 Å². The molecule has 0 radical (unpaired) electrons. The molecular formula is C6H14NNaO4. The van der Waals surface area contributed by atoms with E-state index in [1.165, 1.54) is 6.92 Å². The Bertz CT molecular complexity index is 143. The van der Waals surface area contributed by atoms with Gasteiger partial charge < -0.3 is 17.4 Å². The summed E-state index contributed by atoms with van der Waals surface area (Å²) in [7, 11) is 0. The van der Waals surface area contributed by atoms with Crippen LogP contribution in [0.25, 0.3) is 0 Å². The Kier molecular flexibility index (Phi) is 16.2. The summed E-state index contributed by atoms with van der Waals surface area (Å²) in [6.07, 6.45) is 0.222. The molecule has 0 aromatic heterocycles. The van der Waals surface area contributed by atoms with E-state index in [1.807, 2.05) is 0 Å². The smallest absolute Gasteiger partial charge is 1.00 e. The van der Waals surface area contributed by atoms with Crippen LogP contribution in [-0.4, -0.2) is 28.2 Å². The molecule has 5 nitrogen and oxygen atoms in total. The topological polar surface area (TPSA) is 101 Å². The van der Waals surface area contributed by atoms with Crippen molar-refractivity contribution in [2.45, 2.75) is 26.3 Å². The Morgan fingerprint density at radius 1 is 1.50 bits per heavy atom. The maximum atomic E-state index is 9.57. The van der Waals surface area contributed by atoms with Gasteiger partial charge in [0.15, 0.2) is 0 Å². The fourth-order valence-corrected chi connectivity index (χ4v) is 0. The van der Waals surface area contributed by atoms with E-state index in [2.05, 4.69) is 0 Å². The van der Waals surface area contributed by atoms with Crippen molar-refractivity contribution >= 4 is 11.9 Å². The molecule has 68 valence electrons. The van der Waals surface area contributed by atoms with Crippen LogP contribution in [0.5, 0.6) is 0 Å². The van der Waals surface area contributed by atoms with Crippen molar-refractivity contribution in [3.63, 3.8) is 0 Å². The van der Waals surface area contributed by atoms with Crippen LogP contribution >= 0.6 is 0 Å². The SMILES string of the molecule is CC(N)C(=O)O.CCC(=O)O.[H-].[Na+]. The zero-order valence-electron chi connectivity index (χ0n) is 8.57. The number of hydrogen-bond donors (Lipinski definition) is 3. The molecule has 1 atom stereocenters. The van der Waals surface area contributed by atoms with Gasteiger partial charge in [-0.3, -0.25) is 9.59 Å². The zero-order valence-corrected chi connectivity index (χ0v) is 9.57. The summed E-state index contributed by atoms with van der Waals surface area (Å²) in [6.45, 7) is 3.02. The number of nitrogens with two attached hydrogens (primary N) is 1. The Balaban J connectivity index is -0.0000000546. The summed E-state index contributed by atoms with van der Waals surface area (Å²) in [6, 6.07) is -0.731. The molecule has 0 heterocycles. The van der Waals surface area contributed by atoms with E-state index in [1.54, 1.807) is 6.92 Å². The van der Waals surface area contributed by atoms with Crippen LogP contribution in [0.3, 0.4) is 0 Å². The van der Waals surface area contributed by atoms with Gasteiger partial charge in [-0.1, -0.05) is 6.92 Å². The maximum absolute atomic E-state index is 9.57. The van der Waals surface area contributed by atoms with E-state index in [-0.39, 0.29) is 37.4 Å². The fraction of sp³-hybridized carbons (Fsp3) is 0.667. The van der Waals surface area contributed by atoms with Crippen LogP contribution in [-0.2, 0) is 9.59 Å². The molecule has 4 N–H and O–H groups in total. The predicted octanol–water partition coefficient (Wildman–Crippen LogP) is -2.98. The van der Waals surface area contributed by atoms with Crippen molar-refractivity contribution in [1.82, 2.24) is 0 Å². The predicted molar refractivity (Wildman–Crippen MR) is 40.3 cm³/mol. The monoisotopic (exact) mass is 187 g/mol. The number of hydrogen-bond acceptors (Lipinski definition) is 3. The van der Waals surface area contributed by atoms with E-state index in [4.69, 9.17) is 15.9 Å². The van der Waals surface area contributed by atoms with E-state index < -0.39 is 18.0 Å². The molecule has 0 saturated carbocycles. The van der Waals surface area contributed by atoms with Crippen LogP contribution in [0.15, 0.2) is 0 Å². The van der Waals surface area contributed by atoms with Gasteiger partial charge >= 0.3 is 41.5 Å². The van der Waals surface area contributed by atoms with Crippen LogP contribution in [0.4, 0.5) is 0 Å². The van der Waals surface area contributed by atoms with Gasteiger partial charge in [-0.15, -0.1) is 0 Å². The van der Waals surface area contributed by atoms with Crippen molar-refractivity contribution in [2.24, 2.45) is 5.73 Å². The van der Waals surface area contributed by atoms with Gasteiger partial charge in [0.05, 0.1) is 0 Å². The first-order valence-corrected chi connectivity index (χ1v) is 3.12. The van der Waals surface area contributed by atoms with Gasteiger partial charge in [0, 0.05) is 6.42 Å². The Morgan fingerprint density at radius 3 is 1.67 bits per heavy atom. The van der Waals surface area contributed by atoms with Crippen molar-refractivity contribution in [3.8, 4) is 0 Å². The Morgan fingerprint density at radius 2 is 1.67 bits per heavy atom. The average molecular weight is 187 g/mol. The molecule has 0 bridgehead atoms. The van der Waals surface area contributed by atoms with Gasteiger partial charge in [0.2, 0.25) is 0 Å². The fourth-order valence-electron chi connectivity index (χ4n) is 0. The minimum Gasteiger partial charge on any atom is -1.00 e. The summed E-state index contributed by atoms with van der Waals surface area (Å²) >= 11 is 0. The summed E-state index contributed by atoms with van der Waals surface area (Å²) in [4.78, 5) is 18.9. The number of rotatable bonds is 2. The molecule has 0 saturated heterocycles. The van der Waals surface area contributed by atoms with Gasteiger partial charge in [0.1, 0.15) is 6.04 Å². The Hall–Kier alpha value is -0.100. The Labute approximate surface area is 94.7 Å². The first kappa shape index (κ1) is 17.8. The first-order valence-electron chi connectivity index (χ1n) is 3.12. The van der Waals surface area contributed by atoms with Crippen molar-refractivity contribution in [3.05, 3.63) is 0 Å². The normalized spacial score (nSPS) is 9.92. The van der Waals surface area contributed by atoms with E-state index in [9.17, 15) is 9.59 Å². The van der Waals surface area contributed by atoms with Gasteiger partial charge in [-0.25, -0.2) is 0 Å². The molecule has 0 rings (SSSR count). The van der Waals surface area contributed by atoms with Crippen molar-refractivity contribution in [2.75, 3.05) is 0 Å². The number of carbonyl (C=O) groups is 2. The summed E-state index contributed by atoms with van der Waals surface area (Å²) in [5, 5.41) is 15.6. The second-order valence-corrected chi connectivity index (χ2v) is 1.87. The molecule has 0 fully saturated rings. The molecule has 0 aliphatic heterocycles. The molecule has 12 heavy (non-hydrogen) atoms. The molecule has 0 spiro atoms. The molecule has 0 aliphatic carbocycles. The third-order valence-corrected chi connectivity index (χ3v) is 0.692. The third kappa shape index (κ3) is 22.5. The number of carboxylic acid groups (broad SMARTS) is 2. The van der Waals surface area contributed by atoms with Crippen molar-refractivity contribution in [1.29, 1.82) is 0 Å². The third-order valence-electron chi connectivity index (χ3n) is 0.692. The van der Waals surface area contributed by atoms with E-state index >= 15 is 0 Å². The maximum Gasteiger partial charge on any atom is 1.00 e. The number of carboxylic acids is 2. The summed E-state index contributed by atoms with van der Waals surface area (Å²) < 4.78 is 0. The second-order valence-electron chi connectivity index (χ2n) is 1.87. The largest absolute Gasteiger partial charge is 1.00 e. The zero-order chi connectivity index (χ0) is 9.44. The van der Waals surface area contributed by atoms with Gasteiger partial charge in [-0.05, 0) is 6.92 Å². The van der Waals surface area contributed by atoms with Crippen LogP contribution in [0.1, 0.15) is 21.7 Å². The quantitative estimate of drug-likeness (QED) is 0.400. The second kappa shape index (κ2) is 10.9. The van der Waals surface area contributed by atoms with Crippen LogP contribution in [0, 0.1) is 0 Å². The molecule has 0 aromatic rings. The molecule has 6 heteroatoms. The summed E-state index contributed by atoms with van der Waals surface area (Å²) in [5.41, 5.74) is 4.84. The van der Waals surface area contributed by atoms with Gasteiger partial charge in [-0.2, -0.15) is 0 Å². The first-order chi connectivity index (χ1) is 4.91. The van der Waals surface area contributed by atoms with Crippen LogP contribution < -0.4 is 35.3 Å². The molecule has 0 aromatic carbocycles. The van der Waals surface area contributed by atoms with Gasteiger partial charge in [0.25, 0.3) is 0 Å². The summed E-state index contributed by atoms with van der Waals surface area (Å²) in [5.74, 6) is -1.71. The standard InChI is InChI=1S/C3H7NO2.C3H6O2.Na.H/c1-2(4)3(5)6;1-2-3(4)5;;/h2H,4H2,1H3,(H,5,6);2H2,1H3,(H,4,5);;/q;;+1;-1. The minimum atomic E-state index is -0.963. The average Bonchev–Trinajstić information content (AvgIpc) is 1.89. The van der Waals surface area contributed by atoms with Crippen molar-refractivity contribution < 1.29 is 50.8 Å². The molecular weight excluding hydrogens is 173 g/mol. The number of aliphatic carboxylic acids is 2.